The molecule has 8 nitrogen and oxygen atoms in total. The van der Waals surface area contributed by atoms with E-state index in [-0.39, 0.29) is 43.4 Å². The van der Waals surface area contributed by atoms with Gasteiger partial charge in [-0.05, 0) is 30.3 Å². The number of nitrogens with zero attached hydrogens (tertiary/aromatic N) is 1. The van der Waals surface area contributed by atoms with E-state index in [1.165, 1.54) is 24.3 Å². The number of amides is 1. The summed E-state index contributed by atoms with van der Waals surface area (Å²) in [7, 11) is -0.395. The van der Waals surface area contributed by atoms with E-state index in [1.807, 2.05) is 29.8 Å². The molecule has 0 radical (unpaired) electrons. The number of fused-ring (bicyclic) bond motifs is 1. The molecule has 1 amide bonds. The number of para-hydroxylation sites is 1. The van der Waals surface area contributed by atoms with E-state index in [0.717, 1.165) is 5.69 Å². The second-order valence-electron chi connectivity index (χ2n) is 6.25. The number of hydrogen-bond acceptors (Lipinski definition) is 7. The van der Waals surface area contributed by atoms with Crippen LogP contribution in [-0.4, -0.2) is 41.6 Å². The summed E-state index contributed by atoms with van der Waals surface area (Å²) >= 11 is 0. The first-order chi connectivity index (χ1) is 13.3. The fourth-order valence-electron chi connectivity index (χ4n) is 2.60. The minimum absolute atomic E-state index is 0. The number of hydrogen-bond donors (Lipinski definition) is 2. The van der Waals surface area contributed by atoms with Crippen LogP contribution in [0.15, 0.2) is 57.8 Å². The van der Waals surface area contributed by atoms with Gasteiger partial charge in [0.05, 0.1) is 0 Å². The van der Waals surface area contributed by atoms with Crippen LogP contribution in [0.2, 0.25) is 0 Å². The molecule has 0 aliphatic rings. The minimum atomic E-state index is -4.16. The molecule has 3 N–H and O–H groups in total. The van der Waals surface area contributed by atoms with Crippen molar-refractivity contribution in [2.24, 2.45) is 5.73 Å². The van der Waals surface area contributed by atoms with Gasteiger partial charge in [-0.15, -0.1) is 0 Å². The summed E-state index contributed by atoms with van der Waals surface area (Å²) in [6.45, 7) is 0.382. The van der Waals surface area contributed by atoms with E-state index in [0.29, 0.717) is 11.0 Å². The van der Waals surface area contributed by atoms with Crippen LogP contribution in [0.1, 0.15) is 12.0 Å². The van der Waals surface area contributed by atoms with E-state index in [1.54, 1.807) is 18.2 Å². The zero-order valence-electron chi connectivity index (χ0n) is 16.9. The van der Waals surface area contributed by atoms with Crippen molar-refractivity contribution in [1.29, 1.82) is 0 Å². The van der Waals surface area contributed by atoms with Crippen LogP contribution in [0.25, 0.3) is 11.0 Å². The fraction of sp³-hybridized carbons (Fsp3) is 0.211. The van der Waals surface area contributed by atoms with Gasteiger partial charge in [0.2, 0.25) is 0 Å². The summed E-state index contributed by atoms with van der Waals surface area (Å²) in [5.74, 6) is -0.848. The average molecular weight is 440 g/mol. The van der Waals surface area contributed by atoms with Crippen molar-refractivity contribution in [3.8, 4) is 5.75 Å². The molecule has 0 saturated carbocycles. The van der Waals surface area contributed by atoms with Crippen molar-refractivity contribution < 1.29 is 36.2 Å². The van der Waals surface area contributed by atoms with Gasteiger partial charge < -0.3 is 32.2 Å². The molecule has 156 valence electrons. The van der Waals surface area contributed by atoms with Crippen molar-refractivity contribution in [3.63, 3.8) is 0 Å². The predicted octanol–water partition coefficient (Wildman–Crippen LogP) is -0.928. The van der Waals surface area contributed by atoms with Crippen molar-refractivity contribution in [1.82, 2.24) is 4.72 Å². The van der Waals surface area contributed by atoms with Crippen LogP contribution in [-0.2, 0) is 10.0 Å². The average Bonchev–Trinajstić information content (AvgIpc) is 3.09. The summed E-state index contributed by atoms with van der Waals surface area (Å²) < 4.78 is 38.3. The highest BCUT2D eigenvalue weighted by molar-refractivity contribution is 7.90. The number of ether oxygens (including phenoxy) is 1. The Labute approximate surface area is 176 Å². The Morgan fingerprint density at radius 2 is 1.93 bits per heavy atom. The van der Waals surface area contributed by atoms with Gasteiger partial charge >= 0.3 is 7.33 Å². The molecule has 0 unspecified atom stereocenters. The third-order valence-corrected chi connectivity index (χ3v) is 5.36. The topological polar surface area (TPSA) is 115 Å². The Morgan fingerprint density at radius 1 is 1.21 bits per heavy atom. The number of benzene rings is 2. The molecule has 1 aromatic heterocycles. The summed E-state index contributed by atoms with van der Waals surface area (Å²) in [5.41, 5.74) is 6.78. The molecule has 3 aromatic rings. The molecular weight excluding hydrogens is 418 g/mol. The maximum Gasteiger partial charge on any atom is 1.00 e. The molecule has 2 aromatic carbocycles. The van der Waals surface area contributed by atoms with Gasteiger partial charge in [0.15, 0.2) is 5.76 Å². The first-order valence-electron chi connectivity index (χ1n) is 8.52. The van der Waals surface area contributed by atoms with Crippen molar-refractivity contribution in [2.75, 3.05) is 32.1 Å². The molecule has 0 aliphatic heterocycles. The number of carbonyl (C=O) groups is 1. The summed E-state index contributed by atoms with van der Waals surface area (Å²) in [6.07, 6.45) is 0. The van der Waals surface area contributed by atoms with Gasteiger partial charge in [0, 0.05) is 37.8 Å². The van der Waals surface area contributed by atoms with Crippen molar-refractivity contribution in [2.45, 2.75) is 4.90 Å². The Balaban J connectivity index is 0.00000225. The van der Waals surface area contributed by atoms with Gasteiger partial charge in [0.1, 0.15) is 22.8 Å². The number of nitrogens with two attached hydrogens (primary N) is 1. The quantitative estimate of drug-likeness (QED) is 0.488. The first-order valence-corrected chi connectivity index (χ1v) is 10.00. The SMILES string of the molecule is CN(C)c1ccc2cc(C(=O)NS(=O)(=O)c3ccccc3OCCN)oc2c1.[Cl-].[H+]. The van der Waals surface area contributed by atoms with Crippen LogP contribution in [0.4, 0.5) is 5.69 Å². The maximum absolute atomic E-state index is 12.7. The van der Waals surface area contributed by atoms with Crippen LogP contribution in [0, 0.1) is 0 Å². The third-order valence-electron chi connectivity index (χ3n) is 3.99. The summed E-state index contributed by atoms with van der Waals surface area (Å²) in [5, 5.41) is 0.694. The van der Waals surface area contributed by atoms with Crippen LogP contribution < -0.4 is 32.5 Å². The second-order valence-corrected chi connectivity index (χ2v) is 7.90. The molecular formula is C19H22ClN3O5S. The highest BCUT2D eigenvalue weighted by Gasteiger charge is 2.24. The fourth-order valence-corrected chi connectivity index (χ4v) is 3.70. The first kappa shape index (κ1) is 22.5. The minimum Gasteiger partial charge on any atom is -1.00 e. The van der Waals surface area contributed by atoms with Gasteiger partial charge in [-0.1, -0.05) is 12.1 Å². The van der Waals surface area contributed by atoms with Gasteiger partial charge in [-0.25, -0.2) is 13.1 Å². The van der Waals surface area contributed by atoms with Gasteiger partial charge in [-0.3, -0.25) is 4.79 Å². The summed E-state index contributed by atoms with van der Waals surface area (Å²) in [4.78, 5) is 14.2. The standard InChI is InChI=1S/C19H21N3O5S.ClH/c1-22(2)14-8-7-13-11-17(27-16(13)12-14)19(23)21-28(24,25)18-6-4-3-5-15(18)26-10-9-20;/h3-8,11-12H,9-10,20H2,1-2H3,(H,21,23);1H. The molecule has 0 spiro atoms. The normalized spacial score (nSPS) is 11.0. The van der Waals surface area contributed by atoms with E-state index < -0.39 is 15.9 Å². The zero-order valence-corrected chi connectivity index (χ0v) is 17.5. The summed E-state index contributed by atoms with van der Waals surface area (Å²) in [6, 6.07) is 13.0. The molecule has 0 saturated heterocycles. The monoisotopic (exact) mass is 439 g/mol. The number of anilines is 1. The number of furan rings is 1. The third kappa shape index (κ3) is 5.00. The van der Waals surface area contributed by atoms with Crippen LogP contribution in [0.3, 0.4) is 0 Å². The lowest BCUT2D eigenvalue weighted by molar-refractivity contribution is -0.0000176. The predicted molar refractivity (Wildman–Crippen MR) is 107 cm³/mol. The molecule has 29 heavy (non-hydrogen) atoms. The molecule has 3 rings (SSSR count). The second kappa shape index (κ2) is 9.17. The molecule has 0 bridgehead atoms. The lowest BCUT2D eigenvalue weighted by Crippen LogP contribution is -3.00. The lowest BCUT2D eigenvalue weighted by atomic mass is 10.2. The van der Waals surface area contributed by atoms with E-state index in [9.17, 15) is 13.2 Å². The molecule has 10 heteroatoms. The zero-order chi connectivity index (χ0) is 20.3. The molecule has 1 heterocycles. The molecule has 0 fully saturated rings. The maximum atomic E-state index is 12.7. The number of halogens is 1. The van der Waals surface area contributed by atoms with Crippen LogP contribution >= 0.6 is 0 Å². The van der Waals surface area contributed by atoms with Gasteiger partial charge in [0.25, 0.3) is 10.0 Å². The highest BCUT2D eigenvalue weighted by Crippen LogP contribution is 2.26. The van der Waals surface area contributed by atoms with E-state index in [4.69, 9.17) is 14.9 Å². The Hall–Kier alpha value is -2.75. The lowest BCUT2D eigenvalue weighted by Gasteiger charge is -2.11. The van der Waals surface area contributed by atoms with Gasteiger partial charge in [-0.2, -0.15) is 0 Å². The van der Waals surface area contributed by atoms with E-state index >= 15 is 0 Å². The highest BCUT2D eigenvalue weighted by atomic mass is 35.5. The molecule has 0 atom stereocenters. The largest absolute Gasteiger partial charge is 1.00 e. The number of sulfonamides is 1. The number of rotatable bonds is 7. The Bertz CT molecular complexity index is 1120. The van der Waals surface area contributed by atoms with Crippen molar-refractivity contribution in [3.05, 3.63) is 54.3 Å². The van der Waals surface area contributed by atoms with Crippen LogP contribution in [0.5, 0.6) is 5.75 Å². The molecule has 0 aliphatic carbocycles. The Morgan fingerprint density at radius 3 is 2.62 bits per heavy atom. The number of carbonyl (C=O) groups excluding carboxylic acids is 1. The number of nitrogens with one attached hydrogen (secondary N) is 1. The van der Waals surface area contributed by atoms with E-state index in [2.05, 4.69) is 0 Å². The smallest absolute Gasteiger partial charge is 1.00 e. The Kier molecular flexibility index (Phi) is 7.12. The van der Waals surface area contributed by atoms with Crippen molar-refractivity contribution >= 4 is 32.6 Å².